The van der Waals surface area contributed by atoms with Gasteiger partial charge in [-0.05, 0) is 25.8 Å². The fourth-order valence-corrected chi connectivity index (χ4v) is 2.12. The van der Waals surface area contributed by atoms with Crippen LogP contribution in [-0.2, 0) is 0 Å². The molecule has 0 fully saturated rings. The highest BCUT2D eigenvalue weighted by Crippen LogP contribution is 2.12. The Morgan fingerprint density at radius 2 is 1.06 bits per heavy atom. The number of hydrogen-bond acceptors (Lipinski definition) is 4. The van der Waals surface area contributed by atoms with E-state index in [-0.39, 0.29) is 0 Å². The lowest BCUT2D eigenvalue weighted by Crippen LogP contribution is -2.04. The quantitative estimate of drug-likeness (QED) is 0.255. The van der Waals surface area contributed by atoms with Crippen LogP contribution in [0.2, 0.25) is 0 Å². The van der Waals surface area contributed by atoms with Crippen LogP contribution in [0.25, 0.3) is 0 Å². The van der Waals surface area contributed by atoms with Crippen molar-refractivity contribution in [1.82, 2.24) is 5.48 Å². The fourth-order valence-electron chi connectivity index (χ4n) is 2.12. The molecule has 0 atom stereocenters. The lowest BCUT2D eigenvalue weighted by molar-refractivity contribution is -0.0466. The molecule has 0 aliphatic rings. The second-order valence-corrected chi connectivity index (χ2v) is 5.05. The Balaban J connectivity index is 2.90. The Hall–Kier alpha value is -0.160. The smallest absolute Gasteiger partial charge is 0.151 e. The van der Waals surface area contributed by atoms with Gasteiger partial charge in [0, 0.05) is 0 Å². The maximum atomic E-state index is 9.97. The van der Waals surface area contributed by atoms with Gasteiger partial charge in [0.2, 0.25) is 0 Å². The maximum absolute atomic E-state index is 9.97. The van der Waals surface area contributed by atoms with Gasteiger partial charge in [-0.1, -0.05) is 57.8 Å². The number of hydroxylamine groups is 1. The van der Waals surface area contributed by atoms with Crippen molar-refractivity contribution in [3.05, 3.63) is 5.21 Å². The Kier molecular flexibility index (Phi) is 14.8. The molecule has 4 nitrogen and oxygen atoms in total. The van der Waals surface area contributed by atoms with Gasteiger partial charge in [-0.3, -0.25) is 0 Å². The van der Waals surface area contributed by atoms with E-state index in [0.29, 0.717) is 13.0 Å². The minimum Gasteiger partial charge on any atom is -0.788 e. The van der Waals surface area contributed by atoms with E-state index >= 15 is 0 Å². The summed E-state index contributed by atoms with van der Waals surface area (Å²) in [7, 11) is 0. The Morgan fingerprint density at radius 1 is 0.667 bits per heavy atom. The van der Waals surface area contributed by atoms with E-state index in [9.17, 15) is 5.21 Å². The van der Waals surface area contributed by atoms with E-state index in [2.05, 4.69) is 0 Å². The summed E-state index contributed by atoms with van der Waals surface area (Å²) in [4.78, 5) is 0. The zero-order valence-electron chi connectivity index (χ0n) is 11.6. The van der Waals surface area contributed by atoms with Gasteiger partial charge in [0.05, 0.1) is 0 Å². The van der Waals surface area contributed by atoms with Gasteiger partial charge in [-0.15, -0.1) is 0 Å². The molecule has 0 aromatic carbocycles. The fraction of sp³-hybridized carbons (Fsp3) is 1.00. The van der Waals surface area contributed by atoms with E-state index < -0.39 is 6.29 Å². The molecule has 0 bridgehead atoms. The maximum Gasteiger partial charge on any atom is 0.151 e. The number of aliphatic hydroxyl groups is 2. The first kappa shape index (κ1) is 17.8. The number of rotatable bonds is 14. The van der Waals surface area contributed by atoms with Crippen LogP contribution in [0.1, 0.15) is 77.0 Å². The van der Waals surface area contributed by atoms with Crippen LogP contribution in [0.5, 0.6) is 0 Å². The molecule has 0 saturated carbocycles. The minimum atomic E-state index is -1.12. The molecule has 0 amide bonds. The van der Waals surface area contributed by atoms with Gasteiger partial charge >= 0.3 is 0 Å². The third-order valence-corrected chi connectivity index (χ3v) is 3.24. The SMILES string of the molecule is [O-]NCCCCCCCCCCCCCC(O)O. The first-order chi connectivity index (χ1) is 8.77. The molecule has 0 unspecified atom stereocenters. The van der Waals surface area contributed by atoms with Gasteiger partial charge in [0.15, 0.2) is 6.29 Å². The molecule has 0 radical (unpaired) electrons. The molecule has 0 aliphatic carbocycles. The van der Waals surface area contributed by atoms with Crippen molar-refractivity contribution >= 4 is 0 Å². The van der Waals surface area contributed by atoms with Gasteiger partial charge in [0.25, 0.3) is 0 Å². The summed E-state index contributed by atoms with van der Waals surface area (Å²) >= 11 is 0. The van der Waals surface area contributed by atoms with Crippen molar-refractivity contribution < 1.29 is 10.2 Å². The molecule has 0 rings (SSSR count). The summed E-state index contributed by atoms with van der Waals surface area (Å²) in [5, 5.41) is 27.3. The Labute approximate surface area is 111 Å². The van der Waals surface area contributed by atoms with Crippen molar-refractivity contribution in [2.75, 3.05) is 6.54 Å². The van der Waals surface area contributed by atoms with Crippen molar-refractivity contribution in [1.29, 1.82) is 0 Å². The summed E-state index contributed by atoms with van der Waals surface area (Å²) in [6, 6.07) is 0. The van der Waals surface area contributed by atoms with Crippen molar-refractivity contribution in [3.63, 3.8) is 0 Å². The molecule has 0 heterocycles. The van der Waals surface area contributed by atoms with Gasteiger partial charge in [-0.2, -0.15) is 0 Å². The minimum absolute atomic E-state index is 0.512. The molecule has 4 heteroatoms. The van der Waals surface area contributed by atoms with Gasteiger partial charge in [-0.25, -0.2) is 0 Å². The summed E-state index contributed by atoms with van der Waals surface area (Å²) in [6.07, 6.45) is 12.5. The molecule has 0 spiro atoms. The second-order valence-electron chi connectivity index (χ2n) is 5.05. The first-order valence-electron chi connectivity index (χ1n) is 7.48. The van der Waals surface area contributed by atoms with Crippen molar-refractivity contribution in [2.24, 2.45) is 0 Å². The van der Waals surface area contributed by atoms with E-state index in [1.165, 1.54) is 51.4 Å². The average molecular weight is 260 g/mol. The highest BCUT2D eigenvalue weighted by atomic mass is 16.5. The zero-order chi connectivity index (χ0) is 13.5. The second kappa shape index (κ2) is 14.9. The molecular weight excluding hydrogens is 230 g/mol. The summed E-state index contributed by atoms with van der Waals surface area (Å²) in [6.45, 7) is 0.600. The molecule has 0 aromatic rings. The topological polar surface area (TPSA) is 75.5 Å². The van der Waals surface area contributed by atoms with Crippen molar-refractivity contribution in [3.8, 4) is 0 Å². The molecule has 3 N–H and O–H groups in total. The molecule has 0 aromatic heterocycles. The van der Waals surface area contributed by atoms with Crippen LogP contribution in [0.3, 0.4) is 0 Å². The van der Waals surface area contributed by atoms with Crippen LogP contribution < -0.4 is 5.48 Å². The predicted molar refractivity (Wildman–Crippen MR) is 75.0 cm³/mol. The molecular formula is C14H30NO3-. The number of hydrogen-bond donors (Lipinski definition) is 3. The van der Waals surface area contributed by atoms with E-state index in [4.69, 9.17) is 10.2 Å². The molecule has 18 heavy (non-hydrogen) atoms. The zero-order valence-corrected chi connectivity index (χ0v) is 11.6. The largest absolute Gasteiger partial charge is 0.788 e. The van der Waals surface area contributed by atoms with E-state index in [1.807, 2.05) is 5.48 Å². The summed E-state index contributed by atoms with van der Waals surface area (Å²) < 4.78 is 0. The average Bonchev–Trinajstić information content (AvgIpc) is 2.34. The molecule has 0 saturated heterocycles. The van der Waals surface area contributed by atoms with Crippen LogP contribution in [-0.4, -0.2) is 23.0 Å². The third-order valence-electron chi connectivity index (χ3n) is 3.24. The summed E-state index contributed by atoms with van der Waals surface area (Å²) in [5.74, 6) is 0. The van der Waals surface area contributed by atoms with E-state index in [1.54, 1.807) is 0 Å². The van der Waals surface area contributed by atoms with Crippen LogP contribution >= 0.6 is 0 Å². The summed E-state index contributed by atoms with van der Waals surface area (Å²) in [5.41, 5.74) is 1.93. The number of nitrogens with one attached hydrogen (secondary N) is 1. The highest BCUT2D eigenvalue weighted by Gasteiger charge is 1.97. The standard InChI is InChI=1S/C14H30NO3/c16-14(17)12-10-8-6-4-2-1-3-5-7-9-11-13-15-18/h14-17H,1-13H2/q-1. The molecule has 0 aliphatic heterocycles. The first-order valence-corrected chi connectivity index (χ1v) is 7.48. The van der Waals surface area contributed by atoms with Crippen LogP contribution in [0, 0.1) is 5.21 Å². The van der Waals surface area contributed by atoms with Crippen LogP contribution in [0.4, 0.5) is 0 Å². The van der Waals surface area contributed by atoms with Gasteiger partial charge in [0.1, 0.15) is 0 Å². The molecule has 110 valence electrons. The van der Waals surface area contributed by atoms with Gasteiger partial charge < -0.3 is 20.9 Å². The van der Waals surface area contributed by atoms with Crippen LogP contribution in [0.15, 0.2) is 0 Å². The number of unbranched alkanes of at least 4 members (excludes halogenated alkanes) is 10. The lowest BCUT2D eigenvalue weighted by Gasteiger charge is -2.06. The normalized spacial score (nSPS) is 11.3. The lowest BCUT2D eigenvalue weighted by atomic mass is 10.1. The highest BCUT2D eigenvalue weighted by molar-refractivity contribution is 4.50. The number of aliphatic hydroxyl groups excluding tert-OH is 1. The van der Waals surface area contributed by atoms with E-state index in [0.717, 1.165) is 19.3 Å². The Morgan fingerprint density at radius 3 is 1.44 bits per heavy atom. The monoisotopic (exact) mass is 260 g/mol. The van der Waals surface area contributed by atoms with Crippen molar-refractivity contribution in [2.45, 2.75) is 83.3 Å². The predicted octanol–water partition coefficient (Wildman–Crippen LogP) is 3.07. The Bertz CT molecular complexity index is 154. The third kappa shape index (κ3) is 15.8.